The van der Waals surface area contributed by atoms with E-state index in [1.54, 1.807) is 0 Å². The highest BCUT2D eigenvalue weighted by molar-refractivity contribution is 5.98. The van der Waals surface area contributed by atoms with Gasteiger partial charge in [0.15, 0.2) is 11.9 Å². The number of benzene rings is 3. The number of anilines is 2. The topological polar surface area (TPSA) is 96.9 Å². The summed E-state index contributed by atoms with van der Waals surface area (Å²) >= 11 is 0. The molecule has 1 unspecified atom stereocenters. The molecule has 3 rings (SSSR count). The highest BCUT2D eigenvalue weighted by Gasteiger charge is 2.30. The Morgan fingerprint density at radius 3 is 1.88 bits per heavy atom. The van der Waals surface area contributed by atoms with Gasteiger partial charge in [0.2, 0.25) is 5.91 Å². The lowest BCUT2D eigenvalue weighted by Gasteiger charge is -2.31. The number of phenols is 1. The lowest BCUT2D eigenvalue weighted by molar-refractivity contribution is -0.123. The summed E-state index contributed by atoms with van der Waals surface area (Å²) in [5, 5.41) is 16.4. The van der Waals surface area contributed by atoms with Crippen LogP contribution in [0.4, 0.5) is 11.4 Å². The molecule has 0 heterocycles. The van der Waals surface area contributed by atoms with E-state index < -0.39 is 6.10 Å². The standard InChI is InChI=1S/C41H58N2O5/c1-12-16-17-36(48-35-23-20-29(40(8,9)14-3)24-31(35)41(10,11)15-4)38(46)43-33-25-34(45)32(42-27(5)44)26-37(33)47-30-21-18-28(19-22-30)39(6,7)13-2/h18-26,36,45H,12-17H2,1-11H3,(H,42,44)(H,43,46). The maximum atomic E-state index is 14.0. The highest BCUT2D eigenvalue weighted by Crippen LogP contribution is 2.41. The molecule has 3 aromatic rings. The van der Waals surface area contributed by atoms with Crippen molar-refractivity contribution in [1.29, 1.82) is 0 Å². The Morgan fingerprint density at radius 2 is 1.31 bits per heavy atom. The van der Waals surface area contributed by atoms with Crippen LogP contribution in [0, 0.1) is 0 Å². The second kappa shape index (κ2) is 15.9. The zero-order chi connectivity index (χ0) is 35.9. The fourth-order valence-corrected chi connectivity index (χ4v) is 5.32. The number of phenolic OH excluding ortho intramolecular Hbond substituents is 1. The van der Waals surface area contributed by atoms with Crippen LogP contribution in [-0.2, 0) is 25.8 Å². The number of carbonyl (C=O) groups excluding carboxylic acids is 2. The van der Waals surface area contributed by atoms with E-state index in [0.717, 1.165) is 37.7 Å². The quantitative estimate of drug-likeness (QED) is 0.133. The number of amides is 2. The Balaban J connectivity index is 2.02. The van der Waals surface area contributed by atoms with Crippen LogP contribution in [0.15, 0.2) is 54.6 Å². The first-order valence-corrected chi connectivity index (χ1v) is 17.5. The maximum Gasteiger partial charge on any atom is 0.265 e. The van der Waals surface area contributed by atoms with Crippen molar-refractivity contribution < 1.29 is 24.2 Å². The summed E-state index contributed by atoms with van der Waals surface area (Å²) in [5.41, 5.74) is 3.80. The van der Waals surface area contributed by atoms with Gasteiger partial charge in [0.1, 0.15) is 17.2 Å². The summed E-state index contributed by atoms with van der Waals surface area (Å²) in [7, 11) is 0. The van der Waals surface area contributed by atoms with Crippen molar-refractivity contribution >= 4 is 23.2 Å². The molecule has 48 heavy (non-hydrogen) atoms. The minimum Gasteiger partial charge on any atom is -0.506 e. The summed E-state index contributed by atoms with van der Waals surface area (Å²) in [5.74, 6) is 0.648. The lowest BCUT2D eigenvalue weighted by atomic mass is 9.76. The van der Waals surface area contributed by atoms with Gasteiger partial charge >= 0.3 is 0 Å². The van der Waals surface area contributed by atoms with E-state index in [9.17, 15) is 14.7 Å². The summed E-state index contributed by atoms with van der Waals surface area (Å²) in [6, 6.07) is 17.1. The molecular weight excluding hydrogens is 600 g/mol. The lowest BCUT2D eigenvalue weighted by Crippen LogP contribution is -2.34. The third-order valence-corrected chi connectivity index (χ3v) is 10.1. The fourth-order valence-electron chi connectivity index (χ4n) is 5.32. The number of rotatable bonds is 16. The van der Waals surface area contributed by atoms with Crippen LogP contribution in [0.2, 0.25) is 0 Å². The Kier molecular flexibility index (Phi) is 12.8. The van der Waals surface area contributed by atoms with Gasteiger partial charge in [0.05, 0.1) is 11.4 Å². The number of ether oxygens (including phenoxy) is 2. The van der Waals surface area contributed by atoms with Crippen LogP contribution in [0.5, 0.6) is 23.0 Å². The van der Waals surface area contributed by atoms with Crippen molar-refractivity contribution in [2.75, 3.05) is 10.6 Å². The molecule has 7 heteroatoms. The molecule has 0 radical (unpaired) electrons. The molecule has 0 bridgehead atoms. The SMILES string of the molecule is CCCCC(Oc1ccc(C(C)(C)CC)cc1C(C)(C)CC)C(=O)Nc1cc(O)c(NC(C)=O)cc1Oc1ccc(C(C)(C)CC)cc1. The molecule has 1 atom stereocenters. The van der Waals surface area contributed by atoms with E-state index in [1.807, 2.05) is 30.3 Å². The normalized spacial score (nSPS) is 12.7. The number of hydrogen-bond acceptors (Lipinski definition) is 5. The minimum atomic E-state index is -0.790. The van der Waals surface area contributed by atoms with Crippen LogP contribution >= 0.6 is 0 Å². The van der Waals surface area contributed by atoms with Gasteiger partial charge in [-0.05, 0) is 77.7 Å². The first-order valence-electron chi connectivity index (χ1n) is 17.5. The summed E-state index contributed by atoms with van der Waals surface area (Å²) in [6.07, 6.45) is 4.31. The van der Waals surface area contributed by atoms with Gasteiger partial charge in [-0.2, -0.15) is 0 Å². The predicted molar refractivity (Wildman–Crippen MR) is 198 cm³/mol. The highest BCUT2D eigenvalue weighted by atomic mass is 16.5. The average molecular weight is 659 g/mol. The number of aromatic hydroxyl groups is 1. The van der Waals surface area contributed by atoms with E-state index in [1.165, 1.54) is 30.2 Å². The van der Waals surface area contributed by atoms with Crippen molar-refractivity contribution in [2.45, 2.75) is 137 Å². The van der Waals surface area contributed by atoms with E-state index in [0.29, 0.717) is 17.9 Å². The molecule has 0 fully saturated rings. The van der Waals surface area contributed by atoms with Gasteiger partial charge in [-0.1, -0.05) is 99.9 Å². The van der Waals surface area contributed by atoms with Gasteiger partial charge in [0, 0.05) is 24.6 Å². The smallest absolute Gasteiger partial charge is 0.265 e. The molecule has 0 aliphatic heterocycles. The molecule has 0 aliphatic carbocycles. The van der Waals surface area contributed by atoms with Crippen molar-refractivity contribution in [3.63, 3.8) is 0 Å². The third-order valence-electron chi connectivity index (χ3n) is 10.1. The monoisotopic (exact) mass is 658 g/mol. The van der Waals surface area contributed by atoms with Crippen LogP contribution in [0.25, 0.3) is 0 Å². The Labute approximate surface area is 288 Å². The number of unbranched alkanes of at least 4 members (excludes halogenated alkanes) is 1. The van der Waals surface area contributed by atoms with Crippen molar-refractivity contribution in [2.24, 2.45) is 0 Å². The molecule has 3 N–H and O–H groups in total. The van der Waals surface area contributed by atoms with Gasteiger partial charge in [-0.3, -0.25) is 9.59 Å². The van der Waals surface area contributed by atoms with Crippen molar-refractivity contribution in [1.82, 2.24) is 0 Å². The van der Waals surface area contributed by atoms with Crippen LogP contribution in [0.3, 0.4) is 0 Å². The van der Waals surface area contributed by atoms with Gasteiger partial charge in [0.25, 0.3) is 5.91 Å². The van der Waals surface area contributed by atoms with Gasteiger partial charge in [-0.25, -0.2) is 0 Å². The molecular formula is C41H58N2O5. The summed E-state index contributed by atoms with van der Waals surface area (Å²) in [4.78, 5) is 25.9. The molecule has 0 spiro atoms. The number of nitrogens with one attached hydrogen (secondary N) is 2. The zero-order valence-electron chi connectivity index (χ0n) is 31.1. The van der Waals surface area contributed by atoms with Crippen molar-refractivity contribution in [3.05, 3.63) is 71.3 Å². The minimum absolute atomic E-state index is 0.00439. The predicted octanol–water partition coefficient (Wildman–Crippen LogP) is 10.8. The van der Waals surface area contributed by atoms with E-state index in [4.69, 9.17) is 9.47 Å². The molecule has 0 aromatic heterocycles. The molecule has 0 saturated heterocycles. The summed E-state index contributed by atoms with van der Waals surface area (Å²) < 4.78 is 12.9. The van der Waals surface area contributed by atoms with E-state index in [2.05, 4.69) is 92.0 Å². The first-order chi connectivity index (χ1) is 22.5. The molecule has 0 aliphatic rings. The van der Waals surface area contributed by atoms with Crippen LogP contribution in [-0.4, -0.2) is 23.0 Å². The Morgan fingerprint density at radius 1 is 0.729 bits per heavy atom. The zero-order valence-corrected chi connectivity index (χ0v) is 31.1. The van der Waals surface area contributed by atoms with Crippen molar-refractivity contribution in [3.8, 4) is 23.0 Å². The average Bonchev–Trinajstić information content (AvgIpc) is 3.04. The molecule has 3 aromatic carbocycles. The van der Waals surface area contributed by atoms with Gasteiger partial charge < -0.3 is 25.2 Å². The largest absolute Gasteiger partial charge is 0.506 e. The summed E-state index contributed by atoms with van der Waals surface area (Å²) in [6.45, 7) is 23.3. The molecule has 2 amide bonds. The second-order valence-electron chi connectivity index (χ2n) is 14.8. The third kappa shape index (κ3) is 9.55. The van der Waals surface area contributed by atoms with Crippen LogP contribution in [0.1, 0.15) is 131 Å². The van der Waals surface area contributed by atoms with Gasteiger partial charge in [-0.15, -0.1) is 0 Å². The first kappa shape index (κ1) is 38.4. The fraction of sp³-hybridized carbons (Fsp3) is 0.512. The number of hydrogen-bond donors (Lipinski definition) is 3. The maximum absolute atomic E-state index is 14.0. The van der Waals surface area contributed by atoms with E-state index >= 15 is 0 Å². The van der Waals surface area contributed by atoms with E-state index in [-0.39, 0.29) is 50.9 Å². The number of carbonyl (C=O) groups is 2. The Bertz CT molecular complexity index is 1560. The van der Waals surface area contributed by atoms with Crippen LogP contribution < -0.4 is 20.1 Å². The molecule has 0 saturated carbocycles. The Hall–Kier alpha value is -4.00. The molecule has 7 nitrogen and oxygen atoms in total. The molecule has 262 valence electrons. The second-order valence-corrected chi connectivity index (χ2v) is 14.8.